The van der Waals surface area contributed by atoms with Gasteiger partial charge in [0.05, 0.1) is 29.7 Å². The third-order valence-electron chi connectivity index (χ3n) is 5.59. The monoisotopic (exact) mass is 483 g/mol. The van der Waals surface area contributed by atoms with E-state index < -0.39 is 29.2 Å². The molecule has 2 aliphatic rings. The first-order valence-corrected chi connectivity index (χ1v) is 11.5. The van der Waals surface area contributed by atoms with E-state index in [0.717, 1.165) is 19.4 Å². The molecule has 2 aromatic rings. The number of furan rings is 1. The SMILES string of the molecule is CC(=O)C1=C(O)C2C=C(c3ccoc3)C=C(C(F)(F)F)C2=N1.CC/C=C(\CCC)c1ccccc1. The van der Waals surface area contributed by atoms with Crippen LogP contribution in [0.15, 0.2) is 93.6 Å². The number of nitrogens with zero attached hydrogens (tertiary/aromatic N) is 1. The predicted octanol–water partition coefficient (Wildman–Crippen LogP) is 7.87. The molecule has 0 bridgehead atoms. The largest absolute Gasteiger partial charge is 0.509 e. The van der Waals surface area contributed by atoms with Gasteiger partial charge in [-0.15, -0.1) is 0 Å². The van der Waals surface area contributed by atoms with Gasteiger partial charge in [0.1, 0.15) is 11.5 Å². The average Bonchev–Trinajstić information content (AvgIpc) is 3.47. The number of benzene rings is 1. The van der Waals surface area contributed by atoms with Gasteiger partial charge in [0.25, 0.3) is 0 Å². The van der Waals surface area contributed by atoms with Gasteiger partial charge in [-0.3, -0.25) is 4.79 Å². The Hall–Kier alpha value is -3.61. The molecule has 0 saturated heterocycles. The average molecular weight is 484 g/mol. The fraction of sp³-hybridized carbons (Fsp3) is 0.286. The van der Waals surface area contributed by atoms with Crippen molar-refractivity contribution in [2.24, 2.45) is 10.9 Å². The molecule has 4 nitrogen and oxygen atoms in total. The minimum absolute atomic E-state index is 0.251. The minimum Gasteiger partial charge on any atom is -0.509 e. The predicted molar refractivity (Wildman–Crippen MR) is 132 cm³/mol. The molecule has 184 valence electrons. The molecule has 1 unspecified atom stereocenters. The lowest BCUT2D eigenvalue weighted by Gasteiger charge is -2.21. The Morgan fingerprint density at radius 1 is 1.17 bits per heavy atom. The lowest BCUT2D eigenvalue weighted by Crippen LogP contribution is -2.27. The number of Topliss-reactive ketones (excluding diaryl/α,β-unsaturated/α-hetero) is 1. The Balaban J connectivity index is 0.000000225. The molecule has 1 aliphatic carbocycles. The molecule has 0 spiro atoms. The van der Waals surface area contributed by atoms with Gasteiger partial charge in [-0.25, -0.2) is 4.99 Å². The number of allylic oxidation sites excluding steroid dienone is 7. The van der Waals surface area contributed by atoms with Crippen LogP contribution in [-0.2, 0) is 4.79 Å². The normalized spacial score (nSPS) is 17.7. The van der Waals surface area contributed by atoms with E-state index in [1.165, 1.54) is 48.6 Å². The number of hydrogen-bond donors (Lipinski definition) is 1. The summed E-state index contributed by atoms with van der Waals surface area (Å²) in [5.74, 6) is -2.12. The summed E-state index contributed by atoms with van der Waals surface area (Å²) in [5, 5.41) is 10.0. The van der Waals surface area contributed by atoms with E-state index >= 15 is 0 Å². The molecule has 1 atom stereocenters. The Labute approximate surface area is 202 Å². The maximum absolute atomic E-state index is 13.3. The van der Waals surface area contributed by atoms with E-state index in [2.05, 4.69) is 55.2 Å². The number of aliphatic hydroxyl groups excluding tert-OH is 1. The standard InChI is InChI=1S/C15H10F3NO3.C13H18/c1-7(20)12-14(21)10-4-9(8-2-3-22-6-8)5-11(13(10)19-12)15(16,17)18;1-3-8-12(9-4-2)13-10-6-5-7-11-13/h2-6,10,21H,1H3;5-8,10-11H,3-4,9H2,1-2H3/b;12-8+. The second-order valence-electron chi connectivity index (χ2n) is 8.21. The maximum atomic E-state index is 13.3. The van der Waals surface area contributed by atoms with E-state index in [9.17, 15) is 23.1 Å². The summed E-state index contributed by atoms with van der Waals surface area (Å²) in [4.78, 5) is 15.1. The highest BCUT2D eigenvalue weighted by atomic mass is 19.4. The summed E-state index contributed by atoms with van der Waals surface area (Å²) < 4.78 is 44.7. The first-order valence-electron chi connectivity index (χ1n) is 11.5. The number of fused-ring (bicyclic) bond motifs is 1. The van der Waals surface area contributed by atoms with Gasteiger partial charge < -0.3 is 9.52 Å². The second-order valence-corrected chi connectivity index (χ2v) is 8.21. The van der Waals surface area contributed by atoms with Gasteiger partial charge in [0, 0.05) is 12.5 Å². The van der Waals surface area contributed by atoms with Crippen molar-refractivity contribution in [3.8, 4) is 0 Å². The third kappa shape index (κ3) is 6.10. The molecule has 1 aromatic carbocycles. The van der Waals surface area contributed by atoms with E-state index in [1.807, 2.05) is 0 Å². The molecule has 0 fully saturated rings. The number of carbonyl (C=O) groups is 1. The highest BCUT2D eigenvalue weighted by Crippen LogP contribution is 2.42. The smallest absolute Gasteiger partial charge is 0.418 e. The maximum Gasteiger partial charge on any atom is 0.418 e. The van der Waals surface area contributed by atoms with Crippen molar-refractivity contribution in [3.63, 3.8) is 0 Å². The summed E-state index contributed by atoms with van der Waals surface area (Å²) in [7, 11) is 0. The second kappa shape index (κ2) is 11.2. The Bertz CT molecular complexity index is 1200. The van der Waals surface area contributed by atoms with Crippen LogP contribution in [0.3, 0.4) is 0 Å². The van der Waals surface area contributed by atoms with Crippen LogP contribution < -0.4 is 0 Å². The number of halogens is 3. The highest BCUT2D eigenvalue weighted by Gasteiger charge is 2.45. The topological polar surface area (TPSA) is 62.8 Å². The molecule has 7 heteroatoms. The fourth-order valence-electron chi connectivity index (χ4n) is 3.99. The van der Waals surface area contributed by atoms with Crippen molar-refractivity contribution in [1.29, 1.82) is 0 Å². The minimum atomic E-state index is -4.65. The number of aliphatic imine (C=N–C) groups is 1. The van der Waals surface area contributed by atoms with E-state index in [4.69, 9.17) is 4.42 Å². The fourth-order valence-corrected chi connectivity index (χ4v) is 3.99. The van der Waals surface area contributed by atoms with Crippen LogP contribution in [0.1, 0.15) is 51.2 Å². The molecule has 2 heterocycles. The van der Waals surface area contributed by atoms with Gasteiger partial charge in [-0.1, -0.05) is 62.8 Å². The number of ketones is 1. The summed E-state index contributed by atoms with van der Waals surface area (Å²) in [6.07, 6.45) is 6.25. The summed E-state index contributed by atoms with van der Waals surface area (Å²) in [5.41, 5.74) is 1.91. The zero-order valence-electron chi connectivity index (χ0n) is 19.9. The van der Waals surface area contributed by atoms with E-state index in [0.29, 0.717) is 5.56 Å². The Kier molecular flexibility index (Phi) is 8.33. The van der Waals surface area contributed by atoms with Crippen LogP contribution in [0, 0.1) is 5.92 Å². The zero-order valence-corrected chi connectivity index (χ0v) is 19.9. The molecular formula is C28H28F3NO3. The summed E-state index contributed by atoms with van der Waals surface area (Å²) >= 11 is 0. The summed E-state index contributed by atoms with van der Waals surface area (Å²) in [6, 6.07) is 12.2. The summed E-state index contributed by atoms with van der Waals surface area (Å²) in [6.45, 7) is 5.57. The van der Waals surface area contributed by atoms with Crippen LogP contribution in [-0.4, -0.2) is 22.8 Å². The van der Waals surface area contributed by atoms with Crippen molar-refractivity contribution in [2.45, 2.75) is 46.2 Å². The van der Waals surface area contributed by atoms with Crippen LogP contribution in [0.25, 0.3) is 11.1 Å². The Morgan fingerprint density at radius 3 is 2.43 bits per heavy atom. The van der Waals surface area contributed by atoms with Gasteiger partial charge in [0.15, 0.2) is 5.78 Å². The first kappa shape index (κ1) is 26.0. The quantitative estimate of drug-likeness (QED) is 0.455. The van der Waals surface area contributed by atoms with Crippen molar-refractivity contribution in [2.75, 3.05) is 0 Å². The number of rotatable bonds is 6. The lowest BCUT2D eigenvalue weighted by atomic mass is 9.86. The van der Waals surface area contributed by atoms with Gasteiger partial charge in [-0.05, 0) is 41.7 Å². The third-order valence-corrected chi connectivity index (χ3v) is 5.59. The van der Waals surface area contributed by atoms with Crippen LogP contribution in [0.2, 0.25) is 0 Å². The van der Waals surface area contributed by atoms with Crippen molar-refractivity contribution in [1.82, 2.24) is 0 Å². The molecule has 0 saturated carbocycles. The van der Waals surface area contributed by atoms with Gasteiger partial charge >= 0.3 is 6.18 Å². The number of alkyl halides is 3. The number of aliphatic hydroxyl groups is 1. The molecular weight excluding hydrogens is 455 g/mol. The lowest BCUT2D eigenvalue weighted by molar-refractivity contribution is -0.113. The van der Waals surface area contributed by atoms with E-state index in [-0.39, 0.29) is 17.0 Å². The molecule has 1 N–H and O–H groups in total. The Morgan fingerprint density at radius 2 is 1.89 bits per heavy atom. The molecule has 1 aromatic heterocycles. The van der Waals surface area contributed by atoms with Gasteiger partial charge in [0.2, 0.25) is 0 Å². The van der Waals surface area contributed by atoms with E-state index in [1.54, 1.807) is 0 Å². The van der Waals surface area contributed by atoms with Gasteiger partial charge in [-0.2, -0.15) is 13.2 Å². The van der Waals surface area contributed by atoms with Crippen molar-refractivity contribution < 1.29 is 27.5 Å². The molecule has 1 aliphatic heterocycles. The molecule has 0 radical (unpaired) electrons. The van der Waals surface area contributed by atoms with Crippen LogP contribution in [0.5, 0.6) is 0 Å². The van der Waals surface area contributed by atoms with Crippen molar-refractivity contribution >= 4 is 22.6 Å². The first-order chi connectivity index (χ1) is 16.7. The molecule has 4 rings (SSSR count). The van der Waals surface area contributed by atoms with Crippen molar-refractivity contribution in [3.05, 3.63) is 95.3 Å². The van der Waals surface area contributed by atoms with Crippen LogP contribution in [0.4, 0.5) is 13.2 Å². The highest BCUT2D eigenvalue weighted by molar-refractivity contribution is 6.15. The van der Waals surface area contributed by atoms with Crippen LogP contribution >= 0.6 is 0 Å². The number of carbonyl (C=O) groups excluding carboxylic acids is 1. The zero-order chi connectivity index (χ0) is 25.6. The molecule has 0 amide bonds. The molecule has 35 heavy (non-hydrogen) atoms. The number of hydrogen-bond acceptors (Lipinski definition) is 4.